The van der Waals surface area contributed by atoms with Gasteiger partial charge in [-0.15, -0.1) is 0 Å². The van der Waals surface area contributed by atoms with Crippen molar-refractivity contribution in [2.45, 2.75) is 205 Å². The van der Waals surface area contributed by atoms with Crippen molar-refractivity contribution in [3.05, 3.63) is 53.6 Å². The van der Waals surface area contributed by atoms with Gasteiger partial charge in [0.15, 0.2) is 5.78 Å². The van der Waals surface area contributed by atoms with Crippen molar-refractivity contribution >= 4 is 34.9 Å². The standard InChI is InChI=1S/C57H86N2O14/c1-33-26-37(5)51(62)53(70-10)52(63)38(6)27-34(2)47(61)32-49(35(3)28-40-20-24-46(60)50(30-40)69-9)71-56(66)45-18-14-15-25-58(45)55(65)54(64)57(67)39(7)19-21-42(72-57)31-48(68-8)36(4)29-43-22-23-44(33)59(73-43)41-16-12-11-13-17-41/h11-13,16-17,27,29,33-35,37,39-40,42-46,48-50,52-53,60,63,67H,14-15,18-26,28,30-32H2,1-10H3/b36-29?,38-27+. The molecule has 0 radical (unpaired) electrons. The summed E-state index contributed by atoms with van der Waals surface area (Å²) >= 11 is 0. The Bertz CT molecular complexity index is 2100. The first-order valence-corrected chi connectivity index (χ1v) is 27.1. The maximum absolute atomic E-state index is 14.5. The van der Waals surface area contributed by atoms with E-state index in [2.05, 4.69) is 6.92 Å². The predicted octanol–water partition coefficient (Wildman–Crippen LogP) is 7.04. The highest BCUT2D eigenvalue weighted by Crippen LogP contribution is 2.39. The van der Waals surface area contributed by atoms with Crippen molar-refractivity contribution < 1.29 is 67.8 Å². The van der Waals surface area contributed by atoms with Crippen LogP contribution in [-0.2, 0) is 52.5 Å². The molecule has 7 rings (SSSR count). The fourth-order valence-electron chi connectivity index (χ4n) is 12.1. The molecule has 5 heterocycles. The number of aliphatic hydroxyl groups excluding tert-OH is 2. The van der Waals surface area contributed by atoms with Crippen molar-refractivity contribution in [3.63, 3.8) is 0 Å². The first-order valence-electron chi connectivity index (χ1n) is 27.1. The van der Waals surface area contributed by atoms with Gasteiger partial charge >= 0.3 is 5.97 Å². The number of allylic oxidation sites excluding steroid dienone is 1. The highest BCUT2D eigenvalue weighted by atomic mass is 16.7. The lowest BCUT2D eigenvalue weighted by atomic mass is 9.78. The molecular weight excluding hydrogens is 937 g/mol. The van der Waals surface area contributed by atoms with Gasteiger partial charge in [0, 0.05) is 58.5 Å². The van der Waals surface area contributed by atoms with Crippen molar-refractivity contribution in [3.8, 4) is 0 Å². The number of ether oxygens (including phenoxy) is 5. The number of methoxy groups -OCH3 is 3. The van der Waals surface area contributed by atoms with Gasteiger partial charge in [-0.3, -0.25) is 29.1 Å². The van der Waals surface area contributed by atoms with Gasteiger partial charge in [0.2, 0.25) is 5.79 Å². The highest BCUT2D eigenvalue weighted by Gasteiger charge is 2.53. The number of carbonyl (C=O) groups excluding carboxylic acids is 5. The van der Waals surface area contributed by atoms with Crippen LogP contribution >= 0.6 is 0 Å². The molecule has 1 saturated carbocycles. The summed E-state index contributed by atoms with van der Waals surface area (Å²) < 4.78 is 29.9. The van der Waals surface area contributed by atoms with E-state index in [0.29, 0.717) is 69.8 Å². The fourth-order valence-corrected chi connectivity index (χ4v) is 12.1. The van der Waals surface area contributed by atoms with E-state index in [4.69, 9.17) is 28.5 Å². The van der Waals surface area contributed by atoms with Crippen LogP contribution in [0.4, 0.5) is 5.69 Å². The van der Waals surface area contributed by atoms with Crippen LogP contribution in [0.1, 0.15) is 138 Å². The molecule has 3 saturated heterocycles. The molecule has 408 valence electrons. The SMILES string of the molecule is COC1CC2CCC(C)C(O)(O2)C(=O)C(=O)N2CCCCC2C(=O)OC(C(C)CC2CCC(O)C(OC)C2)CC(=O)C(C)/C=C(\C)C(O)C(OC)C(=O)C(C)CC(C)C2CCC(C=C1C)ON2c1ccccc1. The monoisotopic (exact) mass is 1020 g/mol. The van der Waals surface area contributed by atoms with E-state index < -0.39 is 83.9 Å². The van der Waals surface area contributed by atoms with Gasteiger partial charge in [-0.1, -0.05) is 65.0 Å². The quantitative estimate of drug-likeness (QED) is 0.142. The van der Waals surface area contributed by atoms with Crippen molar-refractivity contribution in [2.24, 2.45) is 35.5 Å². The van der Waals surface area contributed by atoms with E-state index in [-0.39, 0.29) is 73.4 Å². The second-order valence-electron chi connectivity index (χ2n) is 22.3. The Morgan fingerprint density at radius 2 is 1.53 bits per heavy atom. The second kappa shape index (κ2) is 26.3. The number of esters is 1. The zero-order chi connectivity index (χ0) is 53.3. The Morgan fingerprint density at radius 1 is 0.808 bits per heavy atom. The maximum Gasteiger partial charge on any atom is 0.329 e. The first kappa shape index (κ1) is 58.4. The fraction of sp³-hybridized carbons (Fsp3) is 0.737. The number of para-hydroxylation sites is 1. The molecule has 6 aliphatic rings. The third-order valence-corrected chi connectivity index (χ3v) is 16.9. The number of rotatable bonds is 7. The first-order chi connectivity index (χ1) is 34.7. The van der Waals surface area contributed by atoms with Gasteiger partial charge in [0.25, 0.3) is 11.7 Å². The molecule has 16 nitrogen and oxygen atoms in total. The van der Waals surface area contributed by atoms with Crippen molar-refractivity contribution in [1.82, 2.24) is 4.90 Å². The summed E-state index contributed by atoms with van der Waals surface area (Å²) in [5.41, 5.74) is 2.11. The molecule has 1 amide bonds. The minimum absolute atomic E-state index is 0.0349. The normalized spacial score (nSPS) is 38.8. The molecule has 1 aromatic rings. The molecular formula is C57H86N2O14. The van der Waals surface area contributed by atoms with E-state index in [1.54, 1.807) is 41.1 Å². The lowest BCUT2D eigenvalue weighted by Gasteiger charge is -2.43. The number of aliphatic hydroxyl groups is 3. The van der Waals surface area contributed by atoms with E-state index in [1.165, 1.54) is 12.0 Å². The molecule has 1 aliphatic carbocycles. The Morgan fingerprint density at radius 3 is 2.22 bits per heavy atom. The number of carbonyl (C=O) groups is 5. The molecule has 4 fully saturated rings. The van der Waals surface area contributed by atoms with E-state index in [9.17, 15) is 39.3 Å². The average molecular weight is 1020 g/mol. The number of Topliss-reactive ketones (excluding diaryl/α,β-unsaturated/α-hetero) is 3. The molecule has 0 spiro atoms. The van der Waals surface area contributed by atoms with Gasteiger partial charge in [0.1, 0.15) is 36.2 Å². The number of piperidine rings is 1. The second-order valence-corrected chi connectivity index (χ2v) is 22.3. The summed E-state index contributed by atoms with van der Waals surface area (Å²) in [6.07, 6.45) is 4.36. The zero-order valence-electron chi connectivity index (χ0n) is 45.1. The summed E-state index contributed by atoms with van der Waals surface area (Å²) in [5, 5.41) is 36.3. The minimum atomic E-state index is -2.46. The van der Waals surface area contributed by atoms with Crippen LogP contribution in [0.3, 0.4) is 0 Å². The molecule has 3 N–H and O–H groups in total. The number of amides is 1. The number of nitrogens with zero attached hydrogens (tertiary/aromatic N) is 2. The predicted molar refractivity (Wildman–Crippen MR) is 274 cm³/mol. The minimum Gasteiger partial charge on any atom is -0.460 e. The molecule has 5 aliphatic heterocycles. The summed E-state index contributed by atoms with van der Waals surface area (Å²) in [4.78, 5) is 79.9. The van der Waals surface area contributed by atoms with Crippen LogP contribution in [0, 0.1) is 35.5 Å². The topological polar surface area (TPSA) is 208 Å². The van der Waals surface area contributed by atoms with E-state index >= 15 is 0 Å². The van der Waals surface area contributed by atoms with E-state index in [1.807, 2.05) is 62.2 Å². The Kier molecular flexibility index (Phi) is 21.0. The number of hydroxylamine groups is 1. The third kappa shape index (κ3) is 14.1. The van der Waals surface area contributed by atoms with Crippen LogP contribution in [0.25, 0.3) is 0 Å². The lowest BCUT2D eigenvalue weighted by molar-refractivity contribution is -0.265. The van der Waals surface area contributed by atoms with E-state index in [0.717, 1.165) is 17.7 Å². The van der Waals surface area contributed by atoms with Gasteiger partial charge in [-0.2, -0.15) is 0 Å². The average Bonchev–Trinajstić information content (AvgIpc) is 3.38. The molecule has 73 heavy (non-hydrogen) atoms. The molecule has 17 unspecified atom stereocenters. The molecule has 17 atom stereocenters. The lowest BCUT2D eigenvalue weighted by Crippen LogP contribution is -2.61. The van der Waals surface area contributed by atoms with Crippen molar-refractivity contribution in [2.75, 3.05) is 32.9 Å². The molecule has 1 aromatic carbocycles. The molecule has 16 heteroatoms. The largest absolute Gasteiger partial charge is 0.460 e. The van der Waals surface area contributed by atoms with Gasteiger partial charge < -0.3 is 43.9 Å². The zero-order valence-corrected chi connectivity index (χ0v) is 45.1. The number of fused-ring (bicyclic) bond motifs is 17. The highest BCUT2D eigenvalue weighted by molar-refractivity contribution is 6.39. The molecule has 4 bridgehead atoms. The van der Waals surface area contributed by atoms with Gasteiger partial charge in [0.05, 0.1) is 36.1 Å². The van der Waals surface area contributed by atoms with Crippen molar-refractivity contribution in [1.29, 1.82) is 0 Å². The number of hydrogen-bond donors (Lipinski definition) is 3. The van der Waals surface area contributed by atoms with Crippen LogP contribution < -0.4 is 5.06 Å². The number of anilines is 1. The third-order valence-electron chi connectivity index (χ3n) is 16.9. The summed E-state index contributed by atoms with van der Waals surface area (Å²) in [7, 11) is 4.56. The van der Waals surface area contributed by atoms with Crippen LogP contribution in [-0.4, -0.2) is 144 Å². The Balaban J connectivity index is 1.34. The van der Waals surface area contributed by atoms with Crippen LogP contribution in [0.15, 0.2) is 53.6 Å². The van der Waals surface area contributed by atoms with Gasteiger partial charge in [-0.05, 0) is 132 Å². The number of benzene rings is 1. The molecule has 0 aromatic heterocycles. The van der Waals surface area contributed by atoms with Crippen LogP contribution in [0.5, 0.6) is 0 Å². The number of hydrogen-bond acceptors (Lipinski definition) is 15. The Hall–Kier alpha value is -3.87. The number of ketones is 3. The van der Waals surface area contributed by atoms with Crippen LogP contribution in [0.2, 0.25) is 0 Å². The summed E-state index contributed by atoms with van der Waals surface area (Å²) in [5.74, 6) is -8.21. The smallest absolute Gasteiger partial charge is 0.329 e. The maximum atomic E-state index is 14.5. The summed E-state index contributed by atoms with van der Waals surface area (Å²) in [6.45, 7) is 12.9. The van der Waals surface area contributed by atoms with Gasteiger partial charge in [-0.25, -0.2) is 4.79 Å². The summed E-state index contributed by atoms with van der Waals surface area (Å²) in [6, 6.07) is 8.56. The Labute approximate surface area is 433 Å².